The zero-order valence-electron chi connectivity index (χ0n) is 15.1. The van der Waals surface area contributed by atoms with Crippen LogP contribution in [0.15, 0.2) is 4.79 Å². The Labute approximate surface area is 150 Å². The molecule has 1 aromatic heterocycles. The summed E-state index contributed by atoms with van der Waals surface area (Å²) in [6, 6.07) is 0.761. The van der Waals surface area contributed by atoms with Gasteiger partial charge in [-0.25, -0.2) is 4.79 Å². The molecule has 1 saturated heterocycles. The fraction of sp³-hybridized carbons (Fsp3) is 0.625. The van der Waals surface area contributed by atoms with Gasteiger partial charge in [0.25, 0.3) is 5.91 Å². The third kappa shape index (κ3) is 3.36. The number of likely N-dealkylation sites (tertiary alicyclic amines) is 1. The number of aromatic nitrogens is 2. The average Bonchev–Trinajstić information content (AvgIpc) is 2.53. The van der Waals surface area contributed by atoms with Crippen LogP contribution in [0.3, 0.4) is 0 Å². The predicted octanol–water partition coefficient (Wildman–Crippen LogP) is -0.860. The van der Waals surface area contributed by atoms with Crippen LogP contribution in [0.1, 0.15) is 32.3 Å². The first-order valence-corrected chi connectivity index (χ1v) is 8.38. The van der Waals surface area contributed by atoms with Crippen LogP contribution in [0.5, 0.6) is 0 Å². The van der Waals surface area contributed by atoms with Crippen molar-refractivity contribution in [2.75, 3.05) is 24.2 Å². The first kappa shape index (κ1) is 19.7. The SMILES string of the molecule is CCc1c(N(C)C2C(C)CCN(C(=O)CC#N)C2(O)O)nc(=O)[nH]c1N. The van der Waals surface area contributed by atoms with Crippen LogP contribution in [0.2, 0.25) is 0 Å². The molecular weight excluding hydrogens is 340 g/mol. The van der Waals surface area contributed by atoms with Crippen LogP contribution in [0.25, 0.3) is 0 Å². The molecule has 2 atom stereocenters. The summed E-state index contributed by atoms with van der Waals surface area (Å²) < 4.78 is 0. The second kappa shape index (κ2) is 7.31. The van der Waals surface area contributed by atoms with Crippen molar-refractivity contribution < 1.29 is 15.0 Å². The minimum atomic E-state index is -2.52. The maximum Gasteiger partial charge on any atom is 0.348 e. The fourth-order valence-corrected chi connectivity index (χ4v) is 3.58. The molecule has 5 N–H and O–H groups in total. The van der Waals surface area contributed by atoms with Gasteiger partial charge in [-0.05, 0) is 18.8 Å². The minimum Gasteiger partial charge on any atom is -0.385 e. The van der Waals surface area contributed by atoms with Crippen LogP contribution in [-0.2, 0) is 11.2 Å². The number of nitriles is 1. The minimum absolute atomic E-state index is 0.116. The number of hydrogen-bond acceptors (Lipinski definition) is 8. The average molecular weight is 364 g/mol. The van der Waals surface area contributed by atoms with E-state index in [1.807, 2.05) is 13.8 Å². The Kier molecular flexibility index (Phi) is 5.53. The van der Waals surface area contributed by atoms with Crippen LogP contribution in [-0.4, -0.2) is 56.5 Å². The Balaban J connectivity index is 2.49. The van der Waals surface area contributed by atoms with Crippen LogP contribution in [0.4, 0.5) is 11.6 Å². The number of nitrogens with two attached hydrogens (primary N) is 1. The van der Waals surface area contributed by atoms with Crippen molar-refractivity contribution in [2.45, 2.75) is 45.1 Å². The number of amides is 1. The van der Waals surface area contributed by atoms with Gasteiger partial charge in [0.15, 0.2) is 0 Å². The van der Waals surface area contributed by atoms with Crippen molar-refractivity contribution >= 4 is 17.5 Å². The summed E-state index contributed by atoms with van der Waals surface area (Å²) in [4.78, 5) is 32.6. The summed E-state index contributed by atoms with van der Waals surface area (Å²) in [6.45, 7) is 3.77. The second-order valence-electron chi connectivity index (χ2n) is 6.50. The molecule has 0 saturated carbocycles. The van der Waals surface area contributed by atoms with E-state index in [1.165, 1.54) is 4.90 Å². The van der Waals surface area contributed by atoms with Crippen molar-refractivity contribution in [3.63, 3.8) is 0 Å². The van der Waals surface area contributed by atoms with E-state index in [-0.39, 0.29) is 24.1 Å². The Bertz CT molecular complexity index is 784. The Morgan fingerprint density at radius 2 is 2.23 bits per heavy atom. The van der Waals surface area contributed by atoms with Crippen LogP contribution < -0.4 is 16.3 Å². The standard InChI is InChI=1S/C16H24N6O4/c1-4-10-13(18)19-15(24)20-14(10)21(3)12-9(2)6-8-22(16(12,25)26)11(23)5-7-17/h9,12,25-26H,4-6,8H2,1-3H3,(H3,18,19,20,24). The van der Waals surface area contributed by atoms with Crippen LogP contribution in [0, 0.1) is 17.2 Å². The molecule has 1 fully saturated rings. The van der Waals surface area contributed by atoms with Crippen molar-refractivity contribution in [3.8, 4) is 6.07 Å². The lowest BCUT2D eigenvalue weighted by Crippen LogP contribution is -2.69. The van der Waals surface area contributed by atoms with E-state index in [2.05, 4.69) is 9.97 Å². The lowest BCUT2D eigenvalue weighted by molar-refractivity contribution is -0.286. The first-order chi connectivity index (χ1) is 12.1. The van der Waals surface area contributed by atoms with E-state index >= 15 is 0 Å². The van der Waals surface area contributed by atoms with E-state index < -0.39 is 30.0 Å². The number of likely N-dealkylation sites (N-methyl/N-ethyl adjacent to an activating group) is 1. The van der Waals surface area contributed by atoms with E-state index in [0.29, 0.717) is 18.4 Å². The quantitative estimate of drug-likeness (QED) is 0.502. The molecule has 1 amide bonds. The highest BCUT2D eigenvalue weighted by Crippen LogP contribution is 2.35. The highest BCUT2D eigenvalue weighted by Gasteiger charge is 2.51. The van der Waals surface area contributed by atoms with Crippen LogP contribution >= 0.6 is 0 Å². The molecule has 2 rings (SSSR count). The number of anilines is 2. The molecule has 0 radical (unpaired) electrons. The molecule has 0 spiro atoms. The third-order valence-electron chi connectivity index (χ3n) is 4.82. The molecule has 0 aliphatic carbocycles. The zero-order valence-corrected chi connectivity index (χ0v) is 15.1. The molecule has 1 aliphatic heterocycles. The number of carbonyl (C=O) groups excluding carboxylic acids is 1. The van der Waals surface area contributed by atoms with E-state index in [9.17, 15) is 19.8 Å². The van der Waals surface area contributed by atoms with Crippen molar-refractivity contribution in [2.24, 2.45) is 5.92 Å². The van der Waals surface area contributed by atoms with Gasteiger partial charge in [0, 0.05) is 19.2 Å². The van der Waals surface area contributed by atoms with E-state index in [0.717, 1.165) is 4.90 Å². The summed E-state index contributed by atoms with van der Waals surface area (Å²) in [5.74, 6) is -3.03. The predicted molar refractivity (Wildman–Crippen MR) is 93.7 cm³/mol. The van der Waals surface area contributed by atoms with Gasteiger partial charge in [0.1, 0.15) is 24.1 Å². The Morgan fingerprint density at radius 1 is 1.58 bits per heavy atom. The number of aromatic amines is 1. The number of hydrogen-bond donors (Lipinski definition) is 4. The largest absolute Gasteiger partial charge is 0.385 e. The van der Waals surface area contributed by atoms with Gasteiger partial charge < -0.3 is 20.8 Å². The molecule has 142 valence electrons. The summed E-state index contributed by atoms with van der Waals surface area (Å²) in [5.41, 5.74) is 5.79. The molecule has 10 nitrogen and oxygen atoms in total. The topological polar surface area (TPSA) is 160 Å². The number of piperidine rings is 1. The highest BCUT2D eigenvalue weighted by atomic mass is 16.5. The number of carbonyl (C=O) groups is 1. The van der Waals surface area contributed by atoms with Gasteiger partial charge in [0.05, 0.1) is 6.07 Å². The number of nitrogen functional groups attached to an aromatic ring is 1. The molecule has 2 heterocycles. The van der Waals surface area contributed by atoms with Gasteiger partial charge in [0.2, 0.25) is 5.91 Å². The first-order valence-electron chi connectivity index (χ1n) is 8.38. The third-order valence-corrected chi connectivity index (χ3v) is 4.82. The Hall–Kier alpha value is -2.64. The molecular formula is C16H24N6O4. The van der Waals surface area contributed by atoms with Crippen molar-refractivity contribution in [1.29, 1.82) is 5.26 Å². The van der Waals surface area contributed by atoms with Crippen molar-refractivity contribution in [3.05, 3.63) is 16.0 Å². The summed E-state index contributed by atoms with van der Waals surface area (Å²) in [7, 11) is 1.57. The molecule has 10 heteroatoms. The Morgan fingerprint density at radius 3 is 2.81 bits per heavy atom. The maximum absolute atomic E-state index is 12.1. The van der Waals surface area contributed by atoms with E-state index in [4.69, 9.17) is 11.0 Å². The van der Waals surface area contributed by atoms with Gasteiger partial charge in [-0.3, -0.25) is 14.7 Å². The lowest BCUT2D eigenvalue weighted by atomic mass is 9.88. The number of nitrogens with one attached hydrogen (secondary N) is 1. The molecule has 0 aromatic carbocycles. The smallest absolute Gasteiger partial charge is 0.348 e. The molecule has 26 heavy (non-hydrogen) atoms. The summed E-state index contributed by atoms with van der Waals surface area (Å²) in [5, 5.41) is 30.3. The summed E-state index contributed by atoms with van der Waals surface area (Å²) in [6.07, 6.45) is 0.511. The molecule has 1 aromatic rings. The monoisotopic (exact) mass is 364 g/mol. The molecule has 1 aliphatic rings. The van der Waals surface area contributed by atoms with Gasteiger partial charge >= 0.3 is 5.69 Å². The maximum atomic E-state index is 12.1. The number of nitrogens with zero attached hydrogens (tertiary/aromatic N) is 4. The number of rotatable bonds is 4. The molecule has 0 bridgehead atoms. The fourth-order valence-electron chi connectivity index (χ4n) is 3.58. The van der Waals surface area contributed by atoms with Gasteiger partial charge in [-0.15, -0.1) is 0 Å². The highest BCUT2D eigenvalue weighted by molar-refractivity contribution is 5.79. The van der Waals surface area contributed by atoms with Gasteiger partial charge in [-0.2, -0.15) is 10.2 Å². The normalized spacial score (nSPS) is 21.9. The van der Waals surface area contributed by atoms with Gasteiger partial charge in [-0.1, -0.05) is 13.8 Å². The lowest BCUT2D eigenvalue weighted by Gasteiger charge is -2.50. The van der Waals surface area contributed by atoms with E-state index in [1.54, 1.807) is 13.1 Å². The second-order valence-corrected chi connectivity index (χ2v) is 6.50. The molecule has 2 unspecified atom stereocenters. The number of H-pyrrole nitrogens is 1. The number of aliphatic hydroxyl groups is 2. The van der Waals surface area contributed by atoms with Crippen molar-refractivity contribution in [1.82, 2.24) is 14.9 Å². The summed E-state index contributed by atoms with van der Waals surface area (Å²) >= 11 is 0. The zero-order chi connectivity index (χ0) is 19.6.